The van der Waals surface area contributed by atoms with Gasteiger partial charge in [-0.3, -0.25) is 9.59 Å². The third kappa shape index (κ3) is 33.8. The van der Waals surface area contributed by atoms with Crippen LogP contribution in [0, 0.1) is 0 Å². The van der Waals surface area contributed by atoms with Crippen LogP contribution < -0.4 is 5.11 Å². The number of nitrogens with zero attached hydrogens (tertiary/aromatic N) is 1. The molecule has 0 spiro atoms. The average Bonchev–Trinajstić information content (AvgIpc) is 3.11. The predicted octanol–water partition coefficient (Wildman–Crippen LogP) is 9.01. The van der Waals surface area contributed by atoms with Crippen LogP contribution in [0.4, 0.5) is 0 Å². The van der Waals surface area contributed by atoms with E-state index in [1.807, 2.05) is 36.5 Å². The molecule has 0 N–H and O–H groups in total. The zero-order valence-corrected chi connectivity index (χ0v) is 33.6. The maximum absolute atomic E-state index is 12.6. The Balaban J connectivity index is 4.51. The summed E-state index contributed by atoms with van der Waals surface area (Å²) in [5.74, 6) is -1.86. The summed E-state index contributed by atoms with van der Waals surface area (Å²) < 4.78 is 17.0. The van der Waals surface area contributed by atoms with Gasteiger partial charge in [0.15, 0.2) is 6.10 Å². The molecule has 0 aliphatic carbocycles. The molecule has 0 aromatic rings. The van der Waals surface area contributed by atoms with E-state index in [1.165, 1.54) is 6.42 Å². The summed E-state index contributed by atoms with van der Waals surface area (Å²) in [4.78, 5) is 36.7. The van der Waals surface area contributed by atoms with Gasteiger partial charge in [0.2, 0.25) is 0 Å². The van der Waals surface area contributed by atoms with E-state index in [2.05, 4.69) is 74.6 Å². The van der Waals surface area contributed by atoms with Gasteiger partial charge in [0.25, 0.3) is 0 Å². The highest BCUT2D eigenvalue weighted by atomic mass is 16.6. The average molecular weight is 738 g/mol. The SMILES string of the molecule is CC/C=C/C/C=C/C/C=C/CCCC(=O)OC(COCCC(C(=O)[O-])[N+](C)(C)C)COC(=O)CCCCCCC/C=C/C=C/C=C/C=C/C=C/CCC. The summed E-state index contributed by atoms with van der Waals surface area (Å²) in [6.07, 6.45) is 45.8. The van der Waals surface area contributed by atoms with E-state index in [-0.39, 0.29) is 49.1 Å². The first-order valence-corrected chi connectivity index (χ1v) is 19.8. The highest BCUT2D eigenvalue weighted by molar-refractivity contribution is 5.70. The van der Waals surface area contributed by atoms with E-state index < -0.39 is 18.1 Å². The Bertz CT molecular complexity index is 1180. The third-order valence-electron chi connectivity index (χ3n) is 8.06. The molecule has 0 aromatic carbocycles. The lowest BCUT2D eigenvalue weighted by Crippen LogP contribution is -2.55. The Morgan fingerprint density at radius 2 is 1.15 bits per heavy atom. The molecule has 0 bridgehead atoms. The maximum atomic E-state index is 12.6. The van der Waals surface area contributed by atoms with Crippen molar-refractivity contribution in [2.24, 2.45) is 0 Å². The van der Waals surface area contributed by atoms with Crippen molar-refractivity contribution in [1.82, 2.24) is 0 Å². The van der Waals surface area contributed by atoms with Crippen LogP contribution in [0.1, 0.15) is 117 Å². The number of unbranched alkanes of at least 4 members (excludes halogenated alkanes) is 7. The topological polar surface area (TPSA) is 102 Å². The van der Waals surface area contributed by atoms with Crippen LogP contribution in [-0.2, 0) is 28.6 Å². The van der Waals surface area contributed by atoms with Crippen LogP contribution in [0.3, 0.4) is 0 Å². The summed E-state index contributed by atoms with van der Waals surface area (Å²) in [5, 5.41) is 11.6. The van der Waals surface area contributed by atoms with Gasteiger partial charge in [0.05, 0.1) is 40.3 Å². The minimum atomic E-state index is -1.14. The van der Waals surface area contributed by atoms with Crippen molar-refractivity contribution in [1.29, 1.82) is 0 Å². The van der Waals surface area contributed by atoms with E-state index in [9.17, 15) is 19.5 Å². The molecule has 2 atom stereocenters. The molecule has 0 fully saturated rings. The van der Waals surface area contributed by atoms with Crippen molar-refractivity contribution in [2.45, 2.75) is 129 Å². The van der Waals surface area contributed by atoms with Crippen LogP contribution in [0.5, 0.6) is 0 Å². The van der Waals surface area contributed by atoms with Gasteiger partial charge in [0.1, 0.15) is 12.6 Å². The number of carboxylic acid groups (broad SMARTS) is 1. The summed E-state index contributed by atoms with van der Waals surface area (Å²) in [5.41, 5.74) is 0. The summed E-state index contributed by atoms with van der Waals surface area (Å²) in [7, 11) is 5.36. The number of hydrogen-bond acceptors (Lipinski definition) is 7. The summed E-state index contributed by atoms with van der Waals surface area (Å²) >= 11 is 0. The molecule has 0 aliphatic rings. The molecule has 0 rings (SSSR count). The molecule has 0 saturated carbocycles. The molecular formula is C45H71NO7. The maximum Gasteiger partial charge on any atom is 0.306 e. The van der Waals surface area contributed by atoms with Gasteiger partial charge in [-0.15, -0.1) is 0 Å². The van der Waals surface area contributed by atoms with Gasteiger partial charge in [-0.1, -0.05) is 137 Å². The number of aliphatic carboxylic acids is 1. The molecule has 0 saturated heterocycles. The second-order valence-corrected chi connectivity index (χ2v) is 13.9. The Hall–Kier alpha value is -3.75. The number of carbonyl (C=O) groups excluding carboxylic acids is 3. The highest BCUT2D eigenvalue weighted by Crippen LogP contribution is 2.11. The zero-order chi connectivity index (χ0) is 39.3. The van der Waals surface area contributed by atoms with Gasteiger partial charge in [-0.05, 0) is 57.8 Å². The molecule has 2 unspecified atom stereocenters. The van der Waals surface area contributed by atoms with Crippen molar-refractivity contribution in [3.05, 3.63) is 97.2 Å². The fraction of sp³-hybridized carbons (Fsp3) is 0.578. The number of esters is 2. The zero-order valence-electron chi connectivity index (χ0n) is 33.6. The third-order valence-corrected chi connectivity index (χ3v) is 8.06. The molecule has 298 valence electrons. The first-order valence-electron chi connectivity index (χ1n) is 19.8. The standard InChI is InChI=1S/C45H71NO7/c1-6-8-10-12-14-16-18-19-20-21-22-23-24-26-27-29-31-33-35-43(47)52-40-41(39-51-38-37-42(45(49)50)46(3,4)5)53-44(48)36-34-32-30-28-25-17-15-13-11-9-7-2/h9-12,14-23,28,30,41-42H,6-8,13,24-27,29,31-40H2,1-5H3/b11-9+,12-10+,16-14+,17-15+,19-18+,21-20+,23-22+,30-28+. The minimum Gasteiger partial charge on any atom is -0.544 e. The lowest BCUT2D eigenvalue weighted by molar-refractivity contribution is -0.889. The van der Waals surface area contributed by atoms with E-state index >= 15 is 0 Å². The smallest absolute Gasteiger partial charge is 0.306 e. The van der Waals surface area contributed by atoms with Crippen molar-refractivity contribution < 1.29 is 38.2 Å². The van der Waals surface area contributed by atoms with Crippen LogP contribution in [0.25, 0.3) is 0 Å². The van der Waals surface area contributed by atoms with Gasteiger partial charge >= 0.3 is 11.9 Å². The Morgan fingerprint density at radius 3 is 1.77 bits per heavy atom. The van der Waals surface area contributed by atoms with Gasteiger partial charge in [0, 0.05) is 19.3 Å². The molecule has 8 heteroatoms. The molecule has 0 amide bonds. The van der Waals surface area contributed by atoms with Crippen molar-refractivity contribution in [3.63, 3.8) is 0 Å². The number of quaternary nitrogens is 1. The summed E-state index contributed by atoms with van der Waals surface area (Å²) in [6, 6.07) is -0.743. The lowest BCUT2D eigenvalue weighted by Gasteiger charge is -2.34. The lowest BCUT2D eigenvalue weighted by atomic mass is 10.1. The summed E-state index contributed by atoms with van der Waals surface area (Å²) in [6.45, 7) is 4.33. The van der Waals surface area contributed by atoms with E-state index in [1.54, 1.807) is 21.1 Å². The Morgan fingerprint density at radius 1 is 0.604 bits per heavy atom. The number of carboxylic acids is 1. The van der Waals surface area contributed by atoms with Gasteiger partial charge in [-0.25, -0.2) is 0 Å². The fourth-order valence-corrected chi connectivity index (χ4v) is 5.00. The Kier molecular flexibility index (Phi) is 32.8. The normalized spacial score (nSPS) is 14.1. The van der Waals surface area contributed by atoms with E-state index in [0.717, 1.165) is 70.6 Å². The van der Waals surface area contributed by atoms with Crippen LogP contribution in [0.15, 0.2) is 97.2 Å². The number of likely N-dealkylation sites (N-methyl/N-ethyl adjacent to an activating group) is 1. The van der Waals surface area contributed by atoms with E-state index in [0.29, 0.717) is 12.8 Å². The second-order valence-electron chi connectivity index (χ2n) is 13.9. The quantitative estimate of drug-likeness (QED) is 0.0218. The largest absolute Gasteiger partial charge is 0.544 e. The molecule has 0 radical (unpaired) electrons. The molecular weight excluding hydrogens is 666 g/mol. The molecule has 53 heavy (non-hydrogen) atoms. The van der Waals surface area contributed by atoms with Crippen LogP contribution >= 0.6 is 0 Å². The molecule has 0 aliphatic heterocycles. The first kappa shape index (κ1) is 49.2. The Labute approximate surface area is 322 Å². The number of ether oxygens (including phenoxy) is 3. The molecule has 0 aromatic heterocycles. The van der Waals surface area contributed by atoms with Gasteiger partial charge in [-0.2, -0.15) is 0 Å². The first-order chi connectivity index (χ1) is 25.6. The highest BCUT2D eigenvalue weighted by Gasteiger charge is 2.25. The van der Waals surface area contributed by atoms with Crippen molar-refractivity contribution in [2.75, 3.05) is 41.0 Å². The molecule has 0 heterocycles. The van der Waals surface area contributed by atoms with E-state index in [4.69, 9.17) is 14.2 Å². The predicted molar refractivity (Wildman–Crippen MR) is 217 cm³/mol. The van der Waals surface area contributed by atoms with Crippen LogP contribution in [0.2, 0.25) is 0 Å². The van der Waals surface area contributed by atoms with Gasteiger partial charge < -0.3 is 28.6 Å². The minimum absolute atomic E-state index is 0.00487. The van der Waals surface area contributed by atoms with Crippen LogP contribution in [-0.4, -0.2) is 75.5 Å². The fourth-order valence-electron chi connectivity index (χ4n) is 5.00. The van der Waals surface area contributed by atoms with Crippen molar-refractivity contribution >= 4 is 17.9 Å². The monoisotopic (exact) mass is 738 g/mol. The molecule has 8 nitrogen and oxygen atoms in total. The number of rotatable bonds is 33. The number of carbonyl (C=O) groups is 3. The second kappa shape index (κ2) is 35.3. The number of allylic oxidation sites excluding steroid dienone is 16. The number of hydrogen-bond donors (Lipinski definition) is 0. The van der Waals surface area contributed by atoms with Crippen molar-refractivity contribution in [3.8, 4) is 0 Å².